The van der Waals surface area contributed by atoms with Gasteiger partial charge < -0.3 is 0 Å². The Balaban J connectivity index is 1.40. The van der Waals surface area contributed by atoms with E-state index in [9.17, 15) is 0 Å². The fraction of sp³-hybridized carbons (Fsp3) is 0. The SMILES string of the molecule is c1ccc(-c2ccc(-c3nc(-n4c5ccccc5c5cc6ccccc6cc54)c4nccnc4n3)cc2)cc1. The predicted molar refractivity (Wildman–Crippen MR) is 158 cm³/mol. The Hall–Kier alpha value is -5.42. The van der Waals surface area contributed by atoms with Gasteiger partial charge in [-0.2, -0.15) is 0 Å². The molecule has 0 radical (unpaired) electrons. The van der Waals surface area contributed by atoms with Crippen LogP contribution < -0.4 is 0 Å². The van der Waals surface area contributed by atoms with Crippen molar-refractivity contribution in [3.63, 3.8) is 0 Å². The molecule has 5 nitrogen and oxygen atoms in total. The Morgan fingerprint density at radius 1 is 0.487 bits per heavy atom. The minimum Gasteiger partial charge on any atom is -0.292 e. The van der Waals surface area contributed by atoms with Gasteiger partial charge in [0.2, 0.25) is 0 Å². The van der Waals surface area contributed by atoms with Crippen molar-refractivity contribution in [2.24, 2.45) is 0 Å². The molecule has 0 N–H and O–H groups in total. The van der Waals surface area contributed by atoms with Gasteiger partial charge in [0.05, 0.1) is 11.0 Å². The lowest BCUT2D eigenvalue weighted by atomic mass is 10.0. The van der Waals surface area contributed by atoms with Gasteiger partial charge in [0, 0.05) is 28.7 Å². The molecule has 0 saturated carbocycles. The number of para-hydroxylation sites is 1. The van der Waals surface area contributed by atoms with Gasteiger partial charge in [-0.25, -0.2) is 19.9 Å². The van der Waals surface area contributed by atoms with E-state index in [4.69, 9.17) is 15.0 Å². The van der Waals surface area contributed by atoms with Crippen molar-refractivity contribution < 1.29 is 0 Å². The van der Waals surface area contributed by atoms with Crippen LogP contribution in [-0.2, 0) is 0 Å². The van der Waals surface area contributed by atoms with Crippen molar-refractivity contribution in [2.45, 2.75) is 0 Å². The topological polar surface area (TPSA) is 56.5 Å². The Bertz CT molecular complexity index is 2160. The number of aromatic nitrogens is 5. The van der Waals surface area contributed by atoms with Crippen molar-refractivity contribution in [2.75, 3.05) is 0 Å². The molecule has 0 unspecified atom stereocenters. The zero-order chi connectivity index (χ0) is 25.8. The normalized spacial score (nSPS) is 11.6. The summed E-state index contributed by atoms with van der Waals surface area (Å²) < 4.78 is 2.21. The highest BCUT2D eigenvalue weighted by Crippen LogP contribution is 2.36. The number of fused-ring (bicyclic) bond motifs is 5. The fourth-order valence-corrected chi connectivity index (χ4v) is 5.46. The predicted octanol–water partition coefficient (Wildman–Crippen LogP) is 8.00. The smallest absolute Gasteiger partial charge is 0.184 e. The summed E-state index contributed by atoms with van der Waals surface area (Å²) in [6.45, 7) is 0. The summed E-state index contributed by atoms with van der Waals surface area (Å²) in [5.74, 6) is 1.33. The van der Waals surface area contributed by atoms with Gasteiger partial charge in [0.15, 0.2) is 22.8 Å². The van der Waals surface area contributed by atoms with Gasteiger partial charge in [-0.3, -0.25) is 4.57 Å². The summed E-state index contributed by atoms with van der Waals surface area (Å²) >= 11 is 0. The first kappa shape index (κ1) is 21.6. The molecule has 8 aromatic rings. The van der Waals surface area contributed by atoms with Crippen LogP contribution in [-0.4, -0.2) is 24.5 Å². The molecule has 0 bridgehead atoms. The molecular weight excluding hydrogens is 478 g/mol. The zero-order valence-corrected chi connectivity index (χ0v) is 20.9. The van der Waals surface area contributed by atoms with E-state index in [-0.39, 0.29) is 0 Å². The molecule has 3 aromatic heterocycles. The minimum absolute atomic E-state index is 0.566. The monoisotopic (exact) mass is 499 g/mol. The third-order valence-corrected chi connectivity index (χ3v) is 7.32. The van der Waals surface area contributed by atoms with Crippen molar-refractivity contribution in [3.05, 3.63) is 128 Å². The van der Waals surface area contributed by atoms with Gasteiger partial charge in [-0.15, -0.1) is 0 Å². The van der Waals surface area contributed by atoms with Crippen LogP contribution in [0.1, 0.15) is 0 Å². The molecule has 0 aliphatic carbocycles. The summed E-state index contributed by atoms with van der Waals surface area (Å²) in [4.78, 5) is 19.3. The summed E-state index contributed by atoms with van der Waals surface area (Å²) in [5, 5.41) is 4.73. The largest absolute Gasteiger partial charge is 0.292 e. The molecule has 0 fully saturated rings. The Kier molecular flexibility index (Phi) is 4.76. The van der Waals surface area contributed by atoms with Gasteiger partial charge >= 0.3 is 0 Å². The van der Waals surface area contributed by atoms with E-state index >= 15 is 0 Å². The van der Waals surface area contributed by atoms with E-state index in [1.807, 2.05) is 6.07 Å². The van der Waals surface area contributed by atoms with E-state index in [2.05, 4.69) is 119 Å². The quantitative estimate of drug-likeness (QED) is 0.247. The van der Waals surface area contributed by atoms with Crippen LogP contribution in [0.5, 0.6) is 0 Å². The van der Waals surface area contributed by atoms with Crippen LogP contribution in [0.4, 0.5) is 0 Å². The molecule has 0 saturated heterocycles. The molecule has 8 rings (SSSR count). The molecule has 0 aliphatic rings. The summed E-state index contributed by atoms with van der Waals surface area (Å²) in [7, 11) is 0. The fourth-order valence-electron chi connectivity index (χ4n) is 5.46. The summed E-state index contributed by atoms with van der Waals surface area (Å²) in [6, 6.07) is 40.1. The number of nitrogens with zero attached hydrogens (tertiary/aromatic N) is 5. The second-order valence-electron chi connectivity index (χ2n) is 9.61. The first-order valence-electron chi connectivity index (χ1n) is 12.9. The zero-order valence-electron chi connectivity index (χ0n) is 20.9. The Morgan fingerprint density at radius 3 is 2.00 bits per heavy atom. The van der Waals surface area contributed by atoms with E-state index in [1.165, 1.54) is 27.1 Å². The average molecular weight is 500 g/mol. The van der Waals surface area contributed by atoms with Gasteiger partial charge in [0.1, 0.15) is 0 Å². The van der Waals surface area contributed by atoms with E-state index in [0.29, 0.717) is 17.0 Å². The first-order chi connectivity index (χ1) is 19.3. The van der Waals surface area contributed by atoms with Crippen molar-refractivity contribution in [1.29, 1.82) is 0 Å². The second kappa shape index (κ2) is 8.57. The van der Waals surface area contributed by atoms with E-state index < -0.39 is 0 Å². The number of rotatable bonds is 3. The maximum atomic E-state index is 5.15. The third-order valence-electron chi connectivity index (χ3n) is 7.32. The lowest BCUT2D eigenvalue weighted by Gasteiger charge is -2.12. The molecule has 0 spiro atoms. The minimum atomic E-state index is 0.566. The van der Waals surface area contributed by atoms with Crippen LogP contribution in [0.2, 0.25) is 0 Å². The average Bonchev–Trinajstić information content (AvgIpc) is 3.33. The Labute approximate surface area is 224 Å². The molecule has 5 aromatic carbocycles. The number of hydrogen-bond donors (Lipinski definition) is 0. The van der Waals surface area contributed by atoms with Crippen LogP contribution in [0.25, 0.3) is 72.1 Å². The van der Waals surface area contributed by atoms with Gasteiger partial charge in [-0.1, -0.05) is 97.1 Å². The van der Waals surface area contributed by atoms with Crippen LogP contribution >= 0.6 is 0 Å². The number of hydrogen-bond acceptors (Lipinski definition) is 4. The van der Waals surface area contributed by atoms with Crippen molar-refractivity contribution >= 4 is 43.7 Å². The molecule has 182 valence electrons. The maximum Gasteiger partial charge on any atom is 0.184 e. The molecular formula is C34H21N5. The highest BCUT2D eigenvalue weighted by molar-refractivity contribution is 6.14. The highest BCUT2D eigenvalue weighted by atomic mass is 15.1. The lowest BCUT2D eigenvalue weighted by molar-refractivity contribution is 1.05. The van der Waals surface area contributed by atoms with E-state index in [0.717, 1.165) is 28.0 Å². The van der Waals surface area contributed by atoms with Crippen molar-refractivity contribution in [1.82, 2.24) is 24.5 Å². The third kappa shape index (κ3) is 3.48. The van der Waals surface area contributed by atoms with Crippen LogP contribution in [0.15, 0.2) is 128 Å². The van der Waals surface area contributed by atoms with E-state index in [1.54, 1.807) is 12.4 Å². The molecule has 0 aliphatic heterocycles. The van der Waals surface area contributed by atoms with Gasteiger partial charge in [-0.05, 0) is 40.1 Å². The van der Waals surface area contributed by atoms with Crippen LogP contribution in [0, 0.1) is 0 Å². The summed E-state index contributed by atoms with van der Waals surface area (Å²) in [6.07, 6.45) is 3.38. The standard InChI is InChI=1S/C34H21N5/c1-2-8-22(9-3-1)23-14-16-24(17-15-23)32-37-33-31(35-18-19-36-33)34(38-32)39-29-13-7-6-12-27(29)28-20-25-10-4-5-11-26(25)21-30(28)39/h1-21H. The first-order valence-corrected chi connectivity index (χ1v) is 12.9. The molecule has 5 heteroatoms. The molecule has 0 atom stereocenters. The number of benzene rings is 5. The van der Waals surface area contributed by atoms with Crippen molar-refractivity contribution in [3.8, 4) is 28.3 Å². The maximum absolute atomic E-state index is 5.15. The second-order valence-corrected chi connectivity index (χ2v) is 9.61. The lowest BCUT2D eigenvalue weighted by Crippen LogP contribution is -2.04. The highest BCUT2D eigenvalue weighted by Gasteiger charge is 2.19. The van der Waals surface area contributed by atoms with Crippen LogP contribution in [0.3, 0.4) is 0 Å². The molecule has 39 heavy (non-hydrogen) atoms. The molecule has 3 heterocycles. The Morgan fingerprint density at radius 2 is 1.15 bits per heavy atom. The summed E-state index contributed by atoms with van der Waals surface area (Å²) in [5.41, 5.74) is 6.62. The molecule has 0 amide bonds. The van der Waals surface area contributed by atoms with Gasteiger partial charge in [0.25, 0.3) is 0 Å².